The Balaban J connectivity index is 1.58. The minimum Gasteiger partial charge on any atom is -0.335 e. The molecule has 2 aliphatic rings. The van der Waals surface area contributed by atoms with Gasteiger partial charge in [-0.1, -0.05) is 12.8 Å². The molecule has 0 radical (unpaired) electrons. The SMILES string of the molecule is O=C(NC1CCCC1)NC1CCCc2sccc21. The van der Waals surface area contributed by atoms with Crippen molar-refractivity contribution in [1.29, 1.82) is 0 Å². The average molecular weight is 264 g/mol. The van der Waals surface area contributed by atoms with Crippen LogP contribution in [0.3, 0.4) is 0 Å². The lowest BCUT2D eigenvalue weighted by Gasteiger charge is -2.24. The molecule has 4 heteroatoms. The fourth-order valence-electron chi connectivity index (χ4n) is 3.09. The molecule has 0 spiro atoms. The average Bonchev–Trinajstić information content (AvgIpc) is 2.99. The van der Waals surface area contributed by atoms with Crippen LogP contribution in [0.5, 0.6) is 0 Å². The molecule has 2 N–H and O–H groups in total. The molecule has 3 nitrogen and oxygen atoms in total. The van der Waals surface area contributed by atoms with Gasteiger partial charge in [0.2, 0.25) is 0 Å². The van der Waals surface area contributed by atoms with Crippen molar-refractivity contribution in [3.8, 4) is 0 Å². The molecular formula is C14H20N2OS. The van der Waals surface area contributed by atoms with Gasteiger partial charge in [-0.15, -0.1) is 11.3 Å². The summed E-state index contributed by atoms with van der Waals surface area (Å²) in [7, 11) is 0. The number of aryl methyl sites for hydroxylation is 1. The van der Waals surface area contributed by atoms with Crippen LogP contribution in [0.1, 0.15) is 55.0 Å². The van der Waals surface area contributed by atoms with Crippen LogP contribution in [-0.2, 0) is 6.42 Å². The van der Waals surface area contributed by atoms with Gasteiger partial charge in [-0.05, 0) is 49.1 Å². The van der Waals surface area contributed by atoms with E-state index >= 15 is 0 Å². The van der Waals surface area contributed by atoms with Crippen molar-refractivity contribution in [3.63, 3.8) is 0 Å². The maximum atomic E-state index is 12.0. The van der Waals surface area contributed by atoms with Crippen LogP contribution in [0.25, 0.3) is 0 Å². The van der Waals surface area contributed by atoms with Crippen molar-refractivity contribution in [3.05, 3.63) is 21.9 Å². The van der Waals surface area contributed by atoms with Crippen molar-refractivity contribution in [1.82, 2.24) is 10.6 Å². The summed E-state index contributed by atoms with van der Waals surface area (Å²) in [6.45, 7) is 0. The van der Waals surface area contributed by atoms with E-state index < -0.39 is 0 Å². The summed E-state index contributed by atoms with van der Waals surface area (Å²) in [6.07, 6.45) is 8.22. The molecule has 1 unspecified atom stereocenters. The predicted octanol–water partition coefficient (Wildman–Crippen LogP) is 3.37. The van der Waals surface area contributed by atoms with Gasteiger partial charge >= 0.3 is 6.03 Å². The van der Waals surface area contributed by atoms with Crippen molar-refractivity contribution in [2.24, 2.45) is 0 Å². The minimum atomic E-state index is 0.0194. The van der Waals surface area contributed by atoms with Gasteiger partial charge in [-0.25, -0.2) is 4.79 Å². The molecule has 3 rings (SSSR count). The van der Waals surface area contributed by atoms with Crippen LogP contribution in [0.4, 0.5) is 4.79 Å². The predicted molar refractivity (Wildman–Crippen MR) is 73.9 cm³/mol. The van der Waals surface area contributed by atoms with Gasteiger partial charge in [0, 0.05) is 10.9 Å². The maximum Gasteiger partial charge on any atom is 0.315 e. The van der Waals surface area contributed by atoms with Crippen molar-refractivity contribution < 1.29 is 4.79 Å². The summed E-state index contributed by atoms with van der Waals surface area (Å²) in [5.41, 5.74) is 1.34. The lowest BCUT2D eigenvalue weighted by molar-refractivity contribution is 0.232. The Kier molecular flexibility index (Phi) is 3.55. The summed E-state index contributed by atoms with van der Waals surface area (Å²) in [5.74, 6) is 0. The molecule has 0 aliphatic heterocycles. The Bertz CT molecular complexity index is 423. The number of nitrogens with one attached hydrogen (secondary N) is 2. The molecule has 0 bridgehead atoms. The molecule has 1 atom stereocenters. The summed E-state index contributed by atoms with van der Waals surface area (Å²) in [5, 5.41) is 8.39. The van der Waals surface area contributed by atoms with Crippen LogP contribution in [0.2, 0.25) is 0 Å². The zero-order valence-corrected chi connectivity index (χ0v) is 11.4. The van der Waals surface area contributed by atoms with E-state index in [1.165, 1.54) is 36.1 Å². The van der Waals surface area contributed by atoms with Crippen LogP contribution in [-0.4, -0.2) is 12.1 Å². The normalized spacial score (nSPS) is 23.7. The van der Waals surface area contributed by atoms with Gasteiger partial charge in [-0.2, -0.15) is 0 Å². The number of hydrogen-bond donors (Lipinski definition) is 2. The highest BCUT2D eigenvalue weighted by Gasteiger charge is 2.24. The molecular weight excluding hydrogens is 244 g/mol. The van der Waals surface area contributed by atoms with Gasteiger partial charge in [0.1, 0.15) is 0 Å². The Labute approximate surface area is 112 Å². The van der Waals surface area contributed by atoms with E-state index in [0.29, 0.717) is 6.04 Å². The number of amides is 2. The van der Waals surface area contributed by atoms with Crippen LogP contribution in [0.15, 0.2) is 11.4 Å². The third-order valence-corrected chi connectivity index (χ3v) is 5.04. The summed E-state index contributed by atoms with van der Waals surface area (Å²) in [4.78, 5) is 13.4. The number of fused-ring (bicyclic) bond motifs is 1. The second-order valence-electron chi connectivity index (χ2n) is 5.34. The van der Waals surface area contributed by atoms with E-state index in [1.54, 1.807) is 0 Å². The highest BCUT2D eigenvalue weighted by atomic mass is 32.1. The zero-order valence-electron chi connectivity index (χ0n) is 10.6. The Morgan fingerprint density at radius 1 is 1.17 bits per heavy atom. The number of carbonyl (C=O) groups is 1. The van der Waals surface area contributed by atoms with E-state index in [2.05, 4.69) is 22.1 Å². The molecule has 2 aliphatic carbocycles. The smallest absolute Gasteiger partial charge is 0.315 e. The Morgan fingerprint density at radius 3 is 2.83 bits per heavy atom. The first-order valence-corrected chi connectivity index (χ1v) is 7.84. The van der Waals surface area contributed by atoms with Gasteiger partial charge in [0.15, 0.2) is 0 Å². The number of thiophene rings is 1. The zero-order chi connectivity index (χ0) is 12.4. The van der Waals surface area contributed by atoms with Crippen molar-refractivity contribution in [2.75, 3.05) is 0 Å². The Hall–Kier alpha value is -1.03. The first-order valence-electron chi connectivity index (χ1n) is 6.96. The second kappa shape index (κ2) is 5.31. The van der Waals surface area contributed by atoms with Gasteiger partial charge < -0.3 is 10.6 Å². The summed E-state index contributed by atoms with van der Waals surface area (Å²) in [6, 6.07) is 2.81. The van der Waals surface area contributed by atoms with Crippen LogP contribution >= 0.6 is 11.3 Å². The third-order valence-electron chi connectivity index (χ3n) is 4.05. The van der Waals surface area contributed by atoms with E-state index in [-0.39, 0.29) is 12.1 Å². The molecule has 0 saturated heterocycles. The number of carbonyl (C=O) groups excluding carboxylic acids is 1. The fraction of sp³-hybridized carbons (Fsp3) is 0.643. The summed E-state index contributed by atoms with van der Waals surface area (Å²) >= 11 is 1.82. The number of hydrogen-bond acceptors (Lipinski definition) is 2. The van der Waals surface area contributed by atoms with Crippen molar-refractivity contribution in [2.45, 2.75) is 57.0 Å². The first-order chi connectivity index (χ1) is 8.83. The van der Waals surface area contributed by atoms with Crippen LogP contribution in [0, 0.1) is 0 Å². The van der Waals surface area contributed by atoms with Gasteiger partial charge in [-0.3, -0.25) is 0 Å². The first kappa shape index (κ1) is 12.0. The molecule has 18 heavy (non-hydrogen) atoms. The molecule has 1 saturated carbocycles. The van der Waals surface area contributed by atoms with Crippen molar-refractivity contribution >= 4 is 17.4 Å². The monoisotopic (exact) mass is 264 g/mol. The fourth-order valence-corrected chi connectivity index (χ4v) is 4.08. The lowest BCUT2D eigenvalue weighted by Crippen LogP contribution is -2.43. The molecule has 1 fully saturated rings. The van der Waals surface area contributed by atoms with Crippen LogP contribution < -0.4 is 10.6 Å². The number of urea groups is 1. The standard InChI is InChI=1S/C14H20N2OS/c17-14(15-10-4-1-2-5-10)16-12-6-3-7-13-11(12)8-9-18-13/h8-10,12H,1-7H2,(H2,15,16,17). The lowest BCUT2D eigenvalue weighted by atomic mass is 9.94. The molecule has 0 aromatic carbocycles. The van der Waals surface area contributed by atoms with E-state index in [1.807, 2.05) is 11.3 Å². The minimum absolute atomic E-state index is 0.0194. The van der Waals surface area contributed by atoms with Gasteiger partial charge in [0.25, 0.3) is 0 Å². The highest BCUT2D eigenvalue weighted by Crippen LogP contribution is 2.33. The van der Waals surface area contributed by atoms with Gasteiger partial charge in [0.05, 0.1) is 6.04 Å². The quantitative estimate of drug-likeness (QED) is 0.845. The van der Waals surface area contributed by atoms with E-state index in [0.717, 1.165) is 19.3 Å². The molecule has 1 heterocycles. The van der Waals surface area contributed by atoms with E-state index in [9.17, 15) is 4.79 Å². The molecule has 1 aromatic rings. The third kappa shape index (κ3) is 2.53. The second-order valence-corrected chi connectivity index (χ2v) is 6.34. The molecule has 98 valence electrons. The maximum absolute atomic E-state index is 12.0. The Morgan fingerprint density at radius 2 is 2.00 bits per heavy atom. The summed E-state index contributed by atoms with van der Waals surface area (Å²) < 4.78 is 0. The number of rotatable bonds is 2. The topological polar surface area (TPSA) is 41.1 Å². The highest BCUT2D eigenvalue weighted by molar-refractivity contribution is 7.10. The van der Waals surface area contributed by atoms with E-state index in [4.69, 9.17) is 0 Å². The molecule has 2 amide bonds. The molecule has 1 aromatic heterocycles. The largest absolute Gasteiger partial charge is 0.335 e.